The van der Waals surface area contributed by atoms with Crippen molar-refractivity contribution in [2.24, 2.45) is 0 Å². The van der Waals surface area contributed by atoms with E-state index >= 15 is 0 Å². The molecule has 3 rings (SSSR count). The average molecular weight is 387 g/mol. The first-order chi connectivity index (χ1) is 12.5. The van der Waals surface area contributed by atoms with E-state index in [0.717, 1.165) is 24.3 Å². The van der Waals surface area contributed by atoms with Gasteiger partial charge in [-0.1, -0.05) is 42.5 Å². The normalized spacial score (nSPS) is 15.3. The van der Waals surface area contributed by atoms with Crippen LogP contribution in [0.2, 0.25) is 0 Å². The number of halogens is 6. The zero-order chi connectivity index (χ0) is 20.0. The number of imide groups is 1. The first-order valence-electron chi connectivity index (χ1n) is 7.66. The van der Waals surface area contributed by atoms with Crippen molar-refractivity contribution < 1.29 is 35.9 Å². The van der Waals surface area contributed by atoms with Gasteiger partial charge in [-0.3, -0.25) is 9.59 Å². The molecule has 27 heavy (non-hydrogen) atoms. The Bertz CT molecular complexity index is 840. The van der Waals surface area contributed by atoms with Crippen molar-refractivity contribution >= 4 is 11.8 Å². The van der Waals surface area contributed by atoms with Crippen LogP contribution < -0.4 is 0 Å². The van der Waals surface area contributed by atoms with Crippen LogP contribution in [-0.4, -0.2) is 34.6 Å². The van der Waals surface area contributed by atoms with Gasteiger partial charge in [0.1, 0.15) is 0 Å². The molecule has 3 nitrogen and oxygen atoms in total. The van der Waals surface area contributed by atoms with Gasteiger partial charge in [0.15, 0.2) is 0 Å². The first-order valence-corrected chi connectivity index (χ1v) is 7.66. The molecular weight excluding hydrogens is 376 g/mol. The molecule has 142 valence electrons. The summed E-state index contributed by atoms with van der Waals surface area (Å²) in [4.78, 5) is 24.2. The van der Waals surface area contributed by atoms with Gasteiger partial charge in [0.25, 0.3) is 11.8 Å². The van der Waals surface area contributed by atoms with Crippen LogP contribution in [0.15, 0.2) is 54.6 Å². The molecule has 0 saturated heterocycles. The molecule has 0 N–H and O–H groups in total. The van der Waals surface area contributed by atoms with Gasteiger partial charge in [-0.05, 0) is 17.7 Å². The summed E-state index contributed by atoms with van der Waals surface area (Å²) in [5, 5.41) is 0. The van der Waals surface area contributed by atoms with E-state index < -0.39 is 52.2 Å². The van der Waals surface area contributed by atoms with Gasteiger partial charge in [-0.25, -0.2) is 4.90 Å². The van der Waals surface area contributed by atoms with Crippen molar-refractivity contribution in [3.05, 3.63) is 71.3 Å². The number of hydrogen-bond acceptors (Lipinski definition) is 2. The van der Waals surface area contributed by atoms with Crippen LogP contribution in [0.3, 0.4) is 0 Å². The summed E-state index contributed by atoms with van der Waals surface area (Å²) >= 11 is 0. The Balaban J connectivity index is 2.25. The van der Waals surface area contributed by atoms with Crippen LogP contribution in [0.25, 0.3) is 0 Å². The highest BCUT2D eigenvalue weighted by molar-refractivity contribution is 6.22. The standard InChI is InChI=1S/C18H11F6NO2/c19-17(20,21)16(18(22,23)24,10-11-6-2-1-3-7-11)25-14(26)12-8-4-5-9-13(12)15(25)27/h1-9H,10H2. The van der Waals surface area contributed by atoms with Gasteiger partial charge in [0.2, 0.25) is 5.54 Å². The molecule has 1 heterocycles. The summed E-state index contributed by atoms with van der Waals surface area (Å²) < 4.78 is 83.5. The molecule has 0 aliphatic carbocycles. The third kappa shape index (κ3) is 2.77. The van der Waals surface area contributed by atoms with Crippen molar-refractivity contribution in [3.63, 3.8) is 0 Å². The highest BCUT2D eigenvalue weighted by atomic mass is 19.4. The molecule has 2 amide bonds. The molecule has 0 atom stereocenters. The lowest BCUT2D eigenvalue weighted by molar-refractivity contribution is -0.325. The van der Waals surface area contributed by atoms with Gasteiger partial charge >= 0.3 is 12.4 Å². The van der Waals surface area contributed by atoms with E-state index in [-0.39, 0.29) is 5.56 Å². The van der Waals surface area contributed by atoms with Crippen molar-refractivity contribution in [2.45, 2.75) is 24.3 Å². The molecule has 0 bridgehead atoms. The summed E-state index contributed by atoms with van der Waals surface area (Å²) in [7, 11) is 0. The maximum atomic E-state index is 13.9. The number of carbonyl (C=O) groups excluding carboxylic acids is 2. The Hall–Kier alpha value is -2.84. The van der Waals surface area contributed by atoms with E-state index in [1.807, 2.05) is 0 Å². The number of amides is 2. The molecular formula is C18H11F6NO2. The molecule has 2 aromatic rings. The van der Waals surface area contributed by atoms with Crippen LogP contribution >= 0.6 is 0 Å². The van der Waals surface area contributed by atoms with Crippen molar-refractivity contribution in [3.8, 4) is 0 Å². The van der Waals surface area contributed by atoms with Gasteiger partial charge in [0, 0.05) is 6.42 Å². The minimum absolute atomic E-state index is 0.316. The largest absolute Gasteiger partial charge is 0.421 e. The molecule has 0 unspecified atom stereocenters. The molecule has 0 spiro atoms. The van der Waals surface area contributed by atoms with E-state index in [1.54, 1.807) is 0 Å². The molecule has 0 aromatic heterocycles. The predicted molar refractivity (Wildman–Crippen MR) is 81.9 cm³/mol. The number of fused-ring (bicyclic) bond motifs is 1. The average Bonchev–Trinajstić information content (AvgIpc) is 2.83. The number of alkyl halides is 6. The summed E-state index contributed by atoms with van der Waals surface area (Å²) in [6.45, 7) is 0. The predicted octanol–water partition coefficient (Wildman–Crippen LogP) is 4.39. The Morgan fingerprint density at radius 2 is 1.07 bits per heavy atom. The van der Waals surface area contributed by atoms with Crippen LogP contribution in [0.5, 0.6) is 0 Å². The Morgan fingerprint density at radius 3 is 1.48 bits per heavy atom. The van der Waals surface area contributed by atoms with E-state index in [4.69, 9.17) is 0 Å². The second kappa shape index (κ2) is 6.11. The molecule has 2 aromatic carbocycles. The third-order valence-corrected chi connectivity index (χ3v) is 4.42. The minimum atomic E-state index is -5.95. The number of carbonyl (C=O) groups is 2. The SMILES string of the molecule is O=C1c2ccccc2C(=O)N1C(Cc1ccccc1)(C(F)(F)F)C(F)(F)F. The highest BCUT2D eigenvalue weighted by Crippen LogP contribution is 2.51. The summed E-state index contributed by atoms with van der Waals surface area (Å²) in [6.07, 6.45) is -13.5. The van der Waals surface area contributed by atoms with Crippen molar-refractivity contribution in [1.82, 2.24) is 4.90 Å². The Kier molecular flexibility index (Phi) is 4.28. The Labute approximate surface area is 149 Å². The second-order valence-corrected chi connectivity index (χ2v) is 6.01. The molecule has 1 aliphatic heterocycles. The van der Waals surface area contributed by atoms with Gasteiger partial charge < -0.3 is 0 Å². The smallest absolute Gasteiger partial charge is 0.269 e. The summed E-state index contributed by atoms with van der Waals surface area (Å²) in [5.41, 5.74) is -5.99. The molecule has 9 heteroatoms. The fraction of sp³-hybridized carbons (Fsp3) is 0.222. The number of benzene rings is 2. The van der Waals surface area contributed by atoms with Crippen LogP contribution in [-0.2, 0) is 6.42 Å². The quantitative estimate of drug-likeness (QED) is 0.579. The molecule has 1 aliphatic rings. The van der Waals surface area contributed by atoms with Crippen LogP contribution in [0.4, 0.5) is 26.3 Å². The van der Waals surface area contributed by atoms with Crippen LogP contribution in [0, 0.1) is 0 Å². The molecule has 0 fully saturated rings. The van der Waals surface area contributed by atoms with E-state index in [1.165, 1.54) is 30.3 Å². The number of rotatable bonds is 3. The lowest BCUT2D eigenvalue weighted by Crippen LogP contribution is -2.70. The Morgan fingerprint density at radius 1 is 0.667 bits per heavy atom. The molecule has 0 saturated carbocycles. The monoisotopic (exact) mass is 387 g/mol. The minimum Gasteiger partial charge on any atom is -0.269 e. The van der Waals surface area contributed by atoms with Crippen LogP contribution in [0.1, 0.15) is 26.3 Å². The number of hydrogen-bond donors (Lipinski definition) is 0. The second-order valence-electron chi connectivity index (χ2n) is 6.01. The van der Waals surface area contributed by atoms with Crippen molar-refractivity contribution in [2.75, 3.05) is 0 Å². The zero-order valence-electron chi connectivity index (χ0n) is 13.4. The fourth-order valence-corrected chi connectivity index (χ4v) is 3.12. The summed E-state index contributed by atoms with van der Waals surface area (Å²) in [6, 6.07) is 10.7. The fourth-order valence-electron chi connectivity index (χ4n) is 3.12. The number of nitrogens with zero attached hydrogens (tertiary/aromatic N) is 1. The first kappa shape index (κ1) is 18.9. The maximum Gasteiger partial charge on any atom is 0.421 e. The molecule has 0 radical (unpaired) electrons. The van der Waals surface area contributed by atoms with E-state index in [2.05, 4.69) is 0 Å². The van der Waals surface area contributed by atoms with Crippen molar-refractivity contribution in [1.29, 1.82) is 0 Å². The van der Waals surface area contributed by atoms with Gasteiger partial charge in [-0.2, -0.15) is 26.3 Å². The highest BCUT2D eigenvalue weighted by Gasteiger charge is 2.76. The summed E-state index contributed by atoms with van der Waals surface area (Å²) in [5.74, 6) is -3.25. The lowest BCUT2D eigenvalue weighted by atomic mass is 9.87. The lowest BCUT2D eigenvalue weighted by Gasteiger charge is -2.42. The maximum absolute atomic E-state index is 13.9. The van der Waals surface area contributed by atoms with Gasteiger partial charge in [0.05, 0.1) is 11.1 Å². The van der Waals surface area contributed by atoms with E-state index in [9.17, 15) is 35.9 Å². The zero-order valence-corrected chi connectivity index (χ0v) is 13.4. The van der Waals surface area contributed by atoms with E-state index in [0.29, 0.717) is 0 Å². The van der Waals surface area contributed by atoms with Gasteiger partial charge in [-0.15, -0.1) is 0 Å². The topological polar surface area (TPSA) is 37.4 Å². The third-order valence-electron chi connectivity index (χ3n) is 4.42.